The normalized spacial score (nSPS) is 14.4. The maximum atomic E-state index is 12.8. The molecule has 1 aromatic heterocycles. The predicted molar refractivity (Wildman–Crippen MR) is 95.9 cm³/mol. The van der Waals surface area contributed by atoms with Crippen molar-refractivity contribution in [3.63, 3.8) is 0 Å². The lowest BCUT2D eigenvalue weighted by Crippen LogP contribution is -2.50. The van der Waals surface area contributed by atoms with Crippen LogP contribution < -0.4 is 9.47 Å². The first-order valence-electron chi connectivity index (χ1n) is 8.53. The Morgan fingerprint density at radius 2 is 1.62 bits per heavy atom. The van der Waals surface area contributed by atoms with Crippen molar-refractivity contribution in [2.75, 3.05) is 47.0 Å². The number of carbonyl (C=O) groups is 2. The van der Waals surface area contributed by atoms with Crippen LogP contribution in [0.5, 0.6) is 11.5 Å². The molecule has 2 heterocycles. The molecule has 1 fully saturated rings. The quantitative estimate of drug-likeness (QED) is 0.902. The first-order valence-corrected chi connectivity index (χ1v) is 8.53. The molecule has 0 radical (unpaired) electrons. The van der Waals surface area contributed by atoms with Crippen molar-refractivity contribution in [3.8, 4) is 11.5 Å². The van der Waals surface area contributed by atoms with Gasteiger partial charge in [0.25, 0.3) is 5.91 Å². The Bertz CT molecular complexity index is 768. The number of methoxy groups -OCH3 is 2. The molecule has 1 N–H and O–H groups in total. The molecule has 26 heavy (non-hydrogen) atoms. The lowest BCUT2D eigenvalue weighted by Gasteiger charge is -2.33. The van der Waals surface area contributed by atoms with Gasteiger partial charge < -0.3 is 29.0 Å². The fourth-order valence-electron chi connectivity index (χ4n) is 3.05. The number of fused-ring (bicyclic) bond motifs is 1. The van der Waals surface area contributed by atoms with Crippen LogP contribution in [-0.2, 0) is 4.74 Å². The summed E-state index contributed by atoms with van der Waals surface area (Å²) < 4.78 is 15.6. The van der Waals surface area contributed by atoms with Gasteiger partial charge in [-0.25, -0.2) is 4.79 Å². The lowest BCUT2D eigenvalue weighted by atomic mass is 10.2. The molecule has 0 atom stereocenters. The first kappa shape index (κ1) is 17.9. The van der Waals surface area contributed by atoms with E-state index >= 15 is 0 Å². The number of benzene rings is 1. The SMILES string of the molecule is CCOC(=O)N1CCN(C(=O)c2cc3cc(OC)c(OC)cc3[nH]2)CC1. The van der Waals surface area contributed by atoms with E-state index in [0.717, 1.165) is 10.9 Å². The number of nitrogens with one attached hydrogen (secondary N) is 1. The van der Waals surface area contributed by atoms with Crippen molar-refractivity contribution in [2.45, 2.75) is 6.92 Å². The number of amides is 2. The number of aromatic nitrogens is 1. The minimum absolute atomic E-state index is 0.0948. The molecule has 1 saturated heterocycles. The summed E-state index contributed by atoms with van der Waals surface area (Å²) >= 11 is 0. The Hall–Kier alpha value is -2.90. The smallest absolute Gasteiger partial charge is 0.409 e. The van der Waals surface area contributed by atoms with Crippen LogP contribution in [0, 0.1) is 0 Å². The highest BCUT2D eigenvalue weighted by atomic mass is 16.6. The van der Waals surface area contributed by atoms with E-state index < -0.39 is 0 Å². The van der Waals surface area contributed by atoms with E-state index in [2.05, 4.69) is 4.98 Å². The van der Waals surface area contributed by atoms with Crippen LogP contribution in [0.15, 0.2) is 18.2 Å². The van der Waals surface area contributed by atoms with Gasteiger partial charge in [0.05, 0.1) is 20.8 Å². The highest BCUT2D eigenvalue weighted by Gasteiger charge is 2.26. The molecular weight excluding hydrogens is 338 g/mol. The monoisotopic (exact) mass is 361 g/mol. The maximum absolute atomic E-state index is 12.8. The average Bonchev–Trinajstić information content (AvgIpc) is 3.09. The number of nitrogens with zero attached hydrogens (tertiary/aromatic N) is 2. The number of piperazine rings is 1. The van der Waals surface area contributed by atoms with E-state index in [4.69, 9.17) is 14.2 Å². The number of ether oxygens (including phenoxy) is 3. The van der Waals surface area contributed by atoms with Crippen molar-refractivity contribution in [1.82, 2.24) is 14.8 Å². The Labute approximate surface area is 151 Å². The van der Waals surface area contributed by atoms with Gasteiger partial charge in [-0.05, 0) is 19.1 Å². The van der Waals surface area contributed by atoms with Gasteiger partial charge in [-0.2, -0.15) is 0 Å². The summed E-state index contributed by atoms with van der Waals surface area (Å²) in [4.78, 5) is 31.0. The molecule has 0 spiro atoms. The minimum Gasteiger partial charge on any atom is -0.493 e. The molecule has 0 aliphatic carbocycles. The Kier molecular flexibility index (Phi) is 5.20. The molecule has 1 aliphatic heterocycles. The van der Waals surface area contributed by atoms with Gasteiger partial charge in [0.1, 0.15) is 5.69 Å². The van der Waals surface area contributed by atoms with E-state index in [0.29, 0.717) is 50.0 Å². The summed E-state index contributed by atoms with van der Waals surface area (Å²) in [7, 11) is 3.15. The van der Waals surface area contributed by atoms with Gasteiger partial charge in [-0.1, -0.05) is 0 Å². The molecular formula is C18H23N3O5. The Morgan fingerprint density at radius 3 is 2.23 bits per heavy atom. The van der Waals surface area contributed by atoms with E-state index in [1.165, 1.54) is 0 Å². The van der Waals surface area contributed by atoms with E-state index in [1.807, 2.05) is 12.1 Å². The number of carbonyl (C=O) groups excluding carboxylic acids is 2. The highest BCUT2D eigenvalue weighted by molar-refractivity contribution is 5.98. The summed E-state index contributed by atoms with van der Waals surface area (Å²) in [5.41, 5.74) is 1.30. The zero-order valence-electron chi connectivity index (χ0n) is 15.2. The van der Waals surface area contributed by atoms with Crippen LogP contribution in [0.25, 0.3) is 10.9 Å². The van der Waals surface area contributed by atoms with Crippen molar-refractivity contribution in [1.29, 1.82) is 0 Å². The second-order valence-electron chi connectivity index (χ2n) is 5.96. The van der Waals surface area contributed by atoms with Crippen LogP contribution in [-0.4, -0.2) is 73.8 Å². The largest absolute Gasteiger partial charge is 0.493 e. The fraction of sp³-hybridized carbons (Fsp3) is 0.444. The summed E-state index contributed by atoms with van der Waals surface area (Å²) in [6.07, 6.45) is -0.329. The maximum Gasteiger partial charge on any atom is 0.409 e. The fourth-order valence-corrected chi connectivity index (χ4v) is 3.05. The van der Waals surface area contributed by atoms with Crippen LogP contribution in [0.1, 0.15) is 17.4 Å². The molecule has 8 heteroatoms. The standard InChI is InChI=1S/C18H23N3O5/c1-4-26-18(23)21-7-5-20(6-8-21)17(22)14-9-12-10-15(24-2)16(25-3)11-13(12)19-14/h9-11,19H,4-8H2,1-3H3. The highest BCUT2D eigenvalue weighted by Crippen LogP contribution is 2.32. The van der Waals surface area contributed by atoms with Crippen molar-refractivity contribution in [2.24, 2.45) is 0 Å². The lowest BCUT2D eigenvalue weighted by molar-refractivity contribution is 0.0566. The van der Waals surface area contributed by atoms with Crippen LogP contribution in [0.3, 0.4) is 0 Å². The zero-order chi connectivity index (χ0) is 18.7. The van der Waals surface area contributed by atoms with E-state index in [9.17, 15) is 9.59 Å². The molecule has 0 bridgehead atoms. The number of hydrogen-bond donors (Lipinski definition) is 1. The minimum atomic E-state index is -0.329. The second kappa shape index (κ2) is 7.55. The second-order valence-corrected chi connectivity index (χ2v) is 5.96. The van der Waals surface area contributed by atoms with Gasteiger partial charge in [-0.15, -0.1) is 0 Å². The van der Waals surface area contributed by atoms with Crippen LogP contribution in [0.2, 0.25) is 0 Å². The van der Waals surface area contributed by atoms with Crippen molar-refractivity contribution in [3.05, 3.63) is 23.9 Å². The molecule has 8 nitrogen and oxygen atoms in total. The zero-order valence-corrected chi connectivity index (χ0v) is 15.2. The van der Waals surface area contributed by atoms with Crippen LogP contribution in [0.4, 0.5) is 4.79 Å². The molecule has 2 amide bonds. The predicted octanol–water partition coefficient (Wildman–Crippen LogP) is 2.10. The molecule has 0 unspecified atom stereocenters. The van der Waals surface area contributed by atoms with Crippen molar-refractivity contribution < 1.29 is 23.8 Å². The third-order valence-electron chi connectivity index (χ3n) is 4.45. The van der Waals surface area contributed by atoms with Gasteiger partial charge in [0.15, 0.2) is 11.5 Å². The van der Waals surface area contributed by atoms with Gasteiger partial charge >= 0.3 is 6.09 Å². The van der Waals surface area contributed by atoms with E-state index in [1.54, 1.807) is 37.0 Å². The van der Waals surface area contributed by atoms with E-state index in [-0.39, 0.29) is 12.0 Å². The number of H-pyrrole nitrogens is 1. The summed E-state index contributed by atoms with van der Waals surface area (Å²) in [5.74, 6) is 1.12. The summed E-state index contributed by atoms with van der Waals surface area (Å²) in [6, 6.07) is 5.45. The molecule has 3 rings (SSSR count). The summed E-state index contributed by atoms with van der Waals surface area (Å²) in [5, 5.41) is 0.871. The molecule has 2 aromatic rings. The molecule has 1 aromatic carbocycles. The third kappa shape index (κ3) is 3.40. The topological polar surface area (TPSA) is 84.1 Å². The number of hydrogen-bond acceptors (Lipinski definition) is 5. The van der Waals surface area contributed by atoms with Gasteiger partial charge in [-0.3, -0.25) is 4.79 Å². The molecule has 140 valence electrons. The van der Waals surface area contributed by atoms with Crippen LogP contribution >= 0.6 is 0 Å². The Balaban J connectivity index is 1.73. The van der Waals surface area contributed by atoms with Crippen molar-refractivity contribution >= 4 is 22.9 Å². The average molecular weight is 361 g/mol. The molecule has 0 saturated carbocycles. The van der Waals surface area contributed by atoms with Gasteiger partial charge in [0, 0.05) is 43.1 Å². The number of aromatic amines is 1. The molecule has 1 aliphatic rings. The Morgan fingerprint density at radius 1 is 1.00 bits per heavy atom. The van der Waals surface area contributed by atoms with Gasteiger partial charge in [0.2, 0.25) is 0 Å². The summed E-state index contributed by atoms with van der Waals surface area (Å²) in [6.45, 7) is 4.00. The first-order chi connectivity index (χ1) is 12.6. The third-order valence-corrected chi connectivity index (χ3v) is 4.45. The number of rotatable bonds is 4.